The van der Waals surface area contributed by atoms with Gasteiger partial charge in [-0.3, -0.25) is 9.88 Å². The summed E-state index contributed by atoms with van der Waals surface area (Å²) < 4.78 is 12.4. The minimum atomic E-state index is -4.42. The smallest absolute Gasteiger partial charge is 0.323 e. The highest BCUT2D eigenvalue weighted by Crippen LogP contribution is 2.58. The number of aryl methyl sites for hydroxylation is 1. The Morgan fingerprint density at radius 1 is 1.00 bits per heavy atom. The maximum atomic E-state index is 12.4. The second-order valence-electron chi connectivity index (χ2n) is 5.61. The Morgan fingerprint density at radius 3 is 2.17 bits per heavy atom. The number of hydrogen-bond acceptors (Lipinski definition) is 2. The van der Waals surface area contributed by atoms with Gasteiger partial charge in [-0.15, -0.1) is 0 Å². The SMILES string of the molecule is CCc1ccccc1C(CC)(NCc1ccccc1)P(=O)(O)O. The summed E-state index contributed by atoms with van der Waals surface area (Å²) >= 11 is 0. The molecule has 3 N–H and O–H groups in total. The molecule has 2 aromatic rings. The van der Waals surface area contributed by atoms with Crippen LogP contribution in [0.4, 0.5) is 0 Å². The van der Waals surface area contributed by atoms with Crippen LogP contribution in [0.2, 0.25) is 0 Å². The molecule has 0 amide bonds. The standard InChI is InChI=1S/C18H24NO3P/c1-3-16-12-8-9-13-17(16)18(4-2,23(20,21)22)19-14-15-10-6-5-7-11-15/h5-13,19H,3-4,14H2,1-2H3,(H2,20,21,22). The summed E-state index contributed by atoms with van der Waals surface area (Å²) in [5.41, 5.74) is 2.64. The van der Waals surface area contributed by atoms with Gasteiger partial charge in [0.15, 0.2) is 0 Å². The highest BCUT2D eigenvalue weighted by atomic mass is 31.2. The fourth-order valence-electron chi connectivity index (χ4n) is 2.95. The van der Waals surface area contributed by atoms with Crippen molar-refractivity contribution >= 4 is 7.60 Å². The molecule has 1 unspecified atom stereocenters. The van der Waals surface area contributed by atoms with Crippen LogP contribution in [0.15, 0.2) is 54.6 Å². The van der Waals surface area contributed by atoms with Gasteiger partial charge in [0, 0.05) is 6.54 Å². The summed E-state index contributed by atoms with van der Waals surface area (Å²) in [4.78, 5) is 20.3. The zero-order chi connectivity index (χ0) is 16.9. The van der Waals surface area contributed by atoms with Crippen molar-refractivity contribution in [2.75, 3.05) is 0 Å². The minimum Gasteiger partial charge on any atom is -0.323 e. The normalized spacial score (nSPS) is 14.4. The second kappa shape index (κ2) is 7.41. The van der Waals surface area contributed by atoms with Crippen molar-refractivity contribution in [3.05, 3.63) is 71.3 Å². The van der Waals surface area contributed by atoms with E-state index in [9.17, 15) is 14.4 Å². The van der Waals surface area contributed by atoms with Crippen LogP contribution in [-0.2, 0) is 22.8 Å². The van der Waals surface area contributed by atoms with E-state index in [4.69, 9.17) is 0 Å². The maximum Gasteiger partial charge on any atom is 0.349 e. The van der Waals surface area contributed by atoms with E-state index in [2.05, 4.69) is 5.32 Å². The lowest BCUT2D eigenvalue weighted by molar-refractivity contribution is 0.289. The molecule has 0 bridgehead atoms. The van der Waals surface area contributed by atoms with Gasteiger partial charge in [0.2, 0.25) is 0 Å². The van der Waals surface area contributed by atoms with E-state index in [-0.39, 0.29) is 0 Å². The molecule has 5 heteroatoms. The molecule has 0 saturated heterocycles. The molecule has 23 heavy (non-hydrogen) atoms. The Bertz CT molecular complexity index is 684. The molecule has 124 valence electrons. The maximum absolute atomic E-state index is 12.4. The highest BCUT2D eigenvalue weighted by Gasteiger charge is 2.47. The summed E-state index contributed by atoms with van der Waals surface area (Å²) in [6.07, 6.45) is 1.03. The first-order valence-electron chi connectivity index (χ1n) is 7.87. The van der Waals surface area contributed by atoms with Crippen LogP contribution in [-0.4, -0.2) is 9.79 Å². The van der Waals surface area contributed by atoms with Crippen LogP contribution < -0.4 is 5.32 Å². The van der Waals surface area contributed by atoms with Gasteiger partial charge >= 0.3 is 7.60 Å². The molecule has 0 saturated carbocycles. The molecule has 2 aromatic carbocycles. The van der Waals surface area contributed by atoms with Crippen LogP contribution >= 0.6 is 7.60 Å². The lowest BCUT2D eigenvalue weighted by Gasteiger charge is -2.36. The molecule has 0 aliphatic heterocycles. The average molecular weight is 333 g/mol. The summed E-state index contributed by atoms with van der Waals surface area (Å²) in [6.45, 7) is 4.21. The molecule has 0 heterocycles. The molecular weight excluding hydrogens is 309 g/mol. The van der Waals surface area contributed by atoms with Crippen LogP contribution in [0, 0.1) is 0 Å². The van der Waals surface area contributed by atoms with Gasteiger partial charge in [-0.25, -0.2) is 0 Å². The fraction of sp³-hybridized carbons (Fsp3) is 0.333. The zero-order valence-electron chi connectivity index (χ0n) is 13.6. The van der Waals surface area contributed by atoms with E-state index < -0.39 is 12.9 Å². The van der Waals surface area contributed by atoms with Crippen molar-refractivity contribution < 1.29 is 14.4 Å². The van der Waals surface area contributed by atoms with E-state index in [1.807, 2.05) is 68.4 Å². The quantitative estimate of drug-likeness (QED) is 0.675. The molecule has 4 nitrogen and oxygen atoms in total. The molecule has 0 aliphatic rings. The Labute approximate surface area is 137 Å². The van der Waals surface area contributed by atoms with Crippen molar-refractivity contribution in [1.29, 1.82) is 0 Å². The van der Waals surface area contributed by atoms with E-state index in [0.29, 0.717) is 18.5 Å². The predicted octanol–water partition coefficient (Wildman–Crippen LogP) is 3.78. The van der Waals surface area contributed by atoms with E-state index in [0.717, 1.165) is 17.5 Å². The van der Waals surface area contributed by atoms with Crippen molar-refractivity contribution in [2.45, 2.75) is 38.5 Å². The third-order valence-corrected chi connectivity index (χ3v) is 5.99. The van der Waals surface area contributed by atoms with Gasteiger partial charge in [0.05, 0.1) is 0 Å². The van der Waals surface area contributed by atoms with Crippen molar-refractivity contribution in [3.63, 3.8) is 0 Å². The Hall–Kier alpha value is -1.45. The number of benzene rings is 2. The average Bonchev–Trinajstić information content (AvgIpc) is 2.56. The third-order valence-electron chi connectivity index (χ3n) is 4.28. The number of hydrogen-bond donors (Lipinski definition) is 3. The monoisotopic (exact) mass is 333 g/mol. The van der Waals surface area contributed by atoms with Gasteiger partial charge < -0.3 is 9.79 Å². The van der Waals surface area contributed by atoms with E-state index >= 15 is 0 Å². The molecule has 0 fully saturated rings. The molecular formula is C18H24NO3P. The molecule has 0 radical (unpaired) electrons. The Kier molecular flexibility index (Phi) is 5.77. The van der Waals surface area contributed by atoms with Crippen molar-refractivity contribution in [2.24, 2.45) is 0 Å². The van der Waals surface area contributed by atoms with Crippen LogP contribution in [0.1, 0.15) is 37.0 Å². The van der Waals surface area contributed by atoms with Crippen molar-refractivity contribution in [1.82, 2.24) is 5.32 Å². The number of nitrogens with one attached hydrogen (secondary N) is 1. The number of rotatable bonds is 7. The highest BCUT2D eigenvalue weighted by molar-refractivity contribution is 7.53. The first kappa shape index (κ1) is 17.9. The zero-order valence-corrected chi connectivity index (χ0v) is 14.5. The first-order chi connectivity index (χ1) is 10.9. The molecule has 0 aromatic heterocycles. The summed E-state index contributed by atoms with van der Waals surface area (Å²) in [5.74, 6) is 0. The van der Waals surface area contributed by atoms with E-state index in [1.54, 1.807) is 0 Å². The minimum absolute atomic E-state index is 0.307. The predicted molar refractivity (Wildman–Crippen MR) is 93.1 cm³/mol. The lowest BCUT2D eigenvalue weighted by atomic mass is 9.96. The van der Waals surface area contributed by atoms with Crippen molar-refractivity contribution in [3.8, 4) is 0 Å². The van der Waals surface area contributed by atoms with Crippen LogP contribution in [0.25, 0.3) is 0 Å². The lowest BCUT2D eigenvalue weighted by Crippen LogP contribution is -2.42. The first-order valence-corrected chi connectivity index (χ1v) is 9.49. The van der Waals surface area contributed by atoms with Gasteiger partial charge in [-0.2, -0.15) is 0 Å². The summed E-state index contributed by atoms with van der Waals surface area (Å²) in [6, 6.07) is 17.1. The van der Waals surface area contributed by atoms with Crippen LogP contribution in [0.5, 0.6) is 0 Å². The Balaban J connectivity index is 2.46. The largest absolute Gasteiger partial charge is 0.349 e. The Morgan fingerprint density at radius 2 is 1.61 bits per heavy atom. The van der Waals surface area contributed by atoms with Gasteiger partial charge in [0.25, 0.3) is 0 Å². The van der Waals surface area contributed by atoms with Gasteiger partial charge in [0.1, 0.15) is 5.28 Å². The topological polar surface area (TPSA) is 69.6 Å². The molecule has 0 aliphatic carbocycles. The van der Waals surface area contributed by atoms with Crippen LogP contribution in [0.3, 0.4) is 0 Å². The molecule has 1 atom stereocenters. The third kappa shape index (κ3) is 3.73. The summed E-state index contributed by atoms with van der Waals surface area (Å²) in [5, 5.41) is 1.80. The molecule has 0 spiro atoms. The molecule has 2 rings (SSSR count). The van der Waals surface area contributed by atoms with E-state index in [1.165, 1.54) is 0 Å². The summed E-state index contributed by atoms with van der Waals surface area (Å²) in [7, 11) is -4.42. The van der Waals surface area contributed by atoms with Gasteiger partial charge in [-0.1, -0.05) is 68.4 Å². The van der Waals surface area contributed by atoms with Gasteiger partial charge in [-0.05, 0) is 29.5 Å². The fourth-order valence-corrected chi connectivity index (χ4v) is 4.18. The second-order valence-corrected chi connectivity index (χ2v) is 7.46.